The third-order valence-electron chi connectivity index (χ3n) is 3.80. The fourth-order valence-electron chi connectivity index (χ4n) is 2.44. The maximum atomic E-state index is 12.8. The molecule has 1 aromatic heterocycles. The van der Waals surface area contributed by atoms with Crippen molar-refractivity contribution < 1.29 is 13.2 Å². The van der Waals surface area contributed by atoms with Gasteiger partial charge in [-0.25, -0.2) is 8.42 Å². The lowest BCUT2D eigenvalue weighted by Gasteiger charge is -2.23. The van der Waals surface area contributed by atoms with E-state index in [1.807, 2.05) is 19.9 Å². The largest absolute Gasteiger partial charge is 0.342 e. The van der Waals surface area contributed by atoms with Crippen molar-refractivity contribution in [3.8, 4) is 0 Å². The molecule has 2 aromatic rings. The number of nitrogens with zero attached hydrogens (tertiary/aromatic N) is 3. The molecule has 0 aliphatic heterocycles. The molecule has 1 amide bonds. The van der Waals surface area contributed by atoms with Crippen molar-refractivity contribution >= 4 is 26.7 Å². The average molecular weight is 335 g/mol. The first kappa shape index (κ1) is 17.4. The number of amides is 1. The number of fused-ring (bicyclic) bond motifs is 1. The molecule has 0 unspecified atom stereocenters. The Kier molecular flexibility index (Phi) is 5.33. The van der Waals surface area contributed by atoms with Gasteiger partial charge in [0.15, 0.2) is 0 Å². The minimum Gasteiger partial charge on any atom is -0.342 e. The van der Waals surface area contributed by atoms with E-state index in [2.05, 4.69) is 4.98 Å². The molecule has 7 heteroatoms. The van der Waals surface area contributed by atoms with Gasteiger partial charge in [-0.05, 0) is 26.0 Å². The van der Waals surface area contributed by atoms with Crippen LogP contribution in [0.2, 0.25) is 0 Å². The third kappa shape index (κ3) is 3.51. The second-order valence-electron chi connectivity index (χ2n) is 5.18. The molecule has 1 heterocycles. The number of carbonyl (C=O) groups excluding carboxylic acids is 1. The van der Waals surface area contributed by atoms with E-state index in [0.29, 0.717) is 18.5 Å². The van der Waals surface area contributed by atoms with Crippen LogP contribution in [-0.4, -0.2) is 55.2 Å². The van der Waals surface area contributed by atoms with E-state index >= 15 is 0 Å². The SMILES string of the molecule is CCN(CC)C(=O)CN(C)S(=O)(=O)c1cccc2cnccc12. The van der Waals surface area contributed by atoms with Gasteiger partial charge in [-0.1, -0.05) is 12.1 Å². The standard InChI is InChI=1S/C16H21N3O3S/c1-4-19(5-2)16(20)12-18(3)23(21,22)15-8-6-7-13-11-17-10-9-14(13)15/h6-11H,4-5,12H2,1-3H3. The molecule has 23 heavy (non-hydrogen) atoms. The molecule has 0 saturated carbocycles. The van der Waals surface area contributed by atoms with E-state index in [-0.39, 0.29) is 17.3 Å². The van der Waals surface area contributed by atoms with Crippen LogP contribution in [-0.2, 0) is 14.8 Å². The number of carbonyl (C=O) groups is 1. The summed E-state index contributed by atoms with van der Waals surface area (Å²) in [4.78, 5) is 18.0. The van der Waals surface area contributed by atoms with Crippen LogP contribution in [0.1, 0.15) is 13.8 Å². The molecule has 0 bridgehead atoms. The number of sulfonamides is 1. The second-order valence-corrected chi connectivity index (χ2v) is 7.19. The van der Waals surface area contributed by atoms with Gasteiger partial charge in [0.05, 0.1) is 11.4 Å². The number of hydrogen-bond acceptors (Lipinski definition) is 4. The Morgan fingerprint density at radius 3 is 2.52 bits per heavy atom. The first-order valence-corrected chi connectivity index (χ1v) is 8.92. The zero-order valence-corrected chi connectivity index (χ0v) is 14.4. The van der Waals surface area contributed by atoms with Crippen LogP contribution in [0, 0.1) is 0 Å². The van der Waals surface area contributed by atoms with Crippen molar-refractivity contribution in [2.45, 2.75) is 18.7 Å². The highest BCUT2D eigenvalue weighted by Gasteiger charge is 2.26. The van der Waals surface area contributed by atoms with Crippen molar-refractivity contribution in [2.24, 2.45) is 0 Å². The fourth-order valence-corrected chi connectivity index (χ4v) is 3.77. The van der Waals surface area contributed by atoms with E-state index in [9.17, 15) is 13.2 Å². The molecule has 124 valence electrons. The van der Waals surface area contributed by atoms with Gasteiger partial charge >= 0.3 is 0 Å². The van der Waals surface area contributed by atoms with Gasteiger partial charge in [-0.3, -0.25) is 9.78 Å². The van der Waals surface area contributed by atoms with Crippen LogP contribution in [0.4, 0.5) is 0 Å². The topological polar surface area (TPSA) is 70.6 Å². The summed E-state index contributed by atoms with van der Waals surface area (Å²) in [7, 11) is -2.33. The molecule has 0 atom stereocenters. The number of pyridine rings is 1. The average Bonchev–Trinajstić information content (AvgIpc) is 2.55. The molecule has 0 spiro atoms. The summed E-state index contributed by atoms with van der Waals surface area (Å²) in [6, 6.07) is 6.71. The van der Waals surface area contributed by atoms with E-state index in [1.165, 1.54) is 7.05 Å². The summed E-state index contributed by atoms with van der Waals surface area (Å²) < 4.78 is 26.7. The molecule has 0 N–H and O–H groups in total. The monoisotopic (exact) mass is 335 g/mol. The highest BCUT2D eigenvalue weighted by molar-refractivity contribution is 7.89. The Morgan fingerprint density at radius 2 is 1.87 bits per heavy atom. The van der Waals surface area contributed by atoms with Crippen LogP contribution in [0.25, 0.3) is 10.8 Å². The summed E-state index contributed by atoms with van der Waals surface area (Å²) in [6.45, 7) is 4.68. The molecule has 2 rings (SSSR count). The van der Waals surface area contributed by atoms with Gasteiger partial charge < -0.3 is 4.90 Å². The lowest BCUT2D eigenvalue weighted by Crippen LogP contribution is -2.41. The summed E-state index contributed by atoms with van der Waals surface area (Å²) >= 11 is 0. The fraction of sp³-hybridized carbons (Fsp3) is 0.375. The number of likely N-dealkylation sites (N-methyl/N-ethyl adjacent to an activating group) is 2. The Balaban J connectivity index is 2.35. The first-order valence-electron chi connectivity index (χ1n) is 7.48. The summed E-state index contributed by atoms with van der Waals surface area (Å²) in [5.74, 6) is -0.206. The second kappa shape index (κ2) is 7.06. The Bertz CT molecular complexity index is 796. The molecule has 6 nitrogen and oxygen atoms in total. The highest BCUT2D eigenvalue weighted by Crippen LogP contribution is 2.24. The first-order chi connectivity index (χ1) is 10.9. The van der Waals surface area contributed by atoms with Gasteiger partial charge in [-0.2, -0.15) is 4.31 Å². The maximum absolute atomic E-state index is 12.8. The van der Waals surface area contributed by atoms with Crippen molar-refractivity contribution in [3.05, 3.63) is 36.7 Å². The van der Waals surface area contributed by atoms with Crippen LogP contribution < -0.4 is 0 Å². The predicted molar refractivity (Wildman–Crippen MR) is 89.5 cm³/mol. The Labute approximate surface area is 136 Å². The van der Waals surface area contributed by atoms with Gasteiger partial charge in [0.1, 0.15) is 0 Å². The lowest BCUT2D eigenvalue weighted by molar-refractivity contribution is -0.130. The summed E-state index contributed by atoms with van der Waals surface area (Å²) in [5, 5.41) is 1.35. The molecular weight excluding hydrogens is 314 g/mol. The van der Waals surface area contributed by atoms with Crippen LogP contribution in [0.5, 0.6) is 0 Å². The molecule has 0 fully saturated rings. The van der Waals surface area contributed by atoms with Gasteiger partial charge in [0.25, 0.3) is 0 Å². The molecule has 0 radical (unpaired) electrons. The van der Waals surface area contributed by atoms with Gasteiger partial charge in [0.2, 0.25) is 15.9 Å². The van der Waals surface area contributed by atoms with Crippen molar-refractivity contribution in [2.75, 3.05) is 26.7 Å². The molecule has 1 aromatic carbocycles. The molecule has 0 saturated heterocycles. The smallest absolute Gasteiger partial charge is 0.243 e. The predicted octanol–water partition coefficient (Wildman–Crippen LogP) is 1.72. The normalized spacial score (nSPS) is 11.8. The number of rotatable bonds is 6. The van der Waals surface area contributed by atoms with Crippen molar-refractivity contribution in [3.63, 3.8) is 0 Å². The number of aromatic nitrogens is 1. The van der Waals surface area contributed by atoms with E-state index in [1.54, 1.807) is 35.5 Å². The molecule has 0 aliphatic rings. The molecular formula is C16H21N3O3S. The molecule has 0 aliphatic carbocycles. The lowest BCUT2D eigenvalue weighted by atomic mass is 10.2. The van der Waals surface area contributed by atoms with E-state index in [4.69, 9.17) is 0 Å². The zero-order valence-electron chi connectivity index (χ0n) is 13.6. The van der Waals surface area contributed by atoms with Crippen LogP contribution in [0.3, 0.4) is 0 Å². The Hall–Kier alpha value is -1.99. The van der Waals surface area contributed by atoms with Gasteiger partial charge in [-0.15, -0.1) is 0 Å². The van der Waals surface area contributed by atoms with Crippen molar-refractivity contribution in [1.82, 2.24) is 14.2 Å². The Morgan fingerprint density at radius 1 is 1.17 bits per heavy atom. The van der Waals surface area contributed by atoms with Crippen LogP contribution >= 0.6 is 0 Å². The van der Waals surface area contributed by atoms with Crippen LogP contribution in [0.15, 0.2) is 41.6 Å². The summed E-state index contributed by atoms with van der Waals surface area (Å²) in [6.07, 6.45) is 3.18. The number of hydrogen-bond donors (Lipinski definition) is 0. The minimum absolute atomic E-state index is 0.175. The maximum Gasteiger partial charge on any atom is 0.243 e. The minimum atomic E-state index is -3.75. The highest BCUT2D eigenvalue weighted by atomic mass is 32.2. The third-order valence-corrected chi connectivity index (χ3v) is 5.66. The van der Waals surface area contributed by atoms with Crippen molar-refractivity contribution in [1.29, 1.82) is 0 Å². The van der Waals surface area contributed by atoms with Gasteiger partial charge in [0, 0.05) is 43.3 Å². The van der Waals surface area contributed by atoms with E-state index < -0.39 is 10.0 Å². The zero-order chi connectivity index (χ0) is 17.0. The number of benzene rings is 1. The van der Waals surface area contributed by atoms with E-state index in [0.717, 1.165) is 9.69 Å². The quantitative estimate of drug-likeness (QED) is 0.806. The summed E-state index contributed by atoms with van der Waals surface area (Å²) in [5.41, 5.74) is 0.